The molecule has 1 aliphatic rings. The van der Waals surface area contributed by atoms with Crippen LogP contribution >= 0.6 is 0 Å². The van der Waals surface area contributed by atoms with E-state index in [1.54, 1.807) is 0 Å². The minimum Gasteiger partial charge on any atom is -0.302 e. The van der Waals surface area contributed by atoms with E-state index in [1.165, 1.54) is 13.1 Å². The van der Waals surface area contributed by atoms with E-state index in [9.17, 15) is 0 Å². The van der Waals surface area contributed by atoms with Gasteiger partial charge >= 0.3 is 0 Å². The zero-order valence-electron chi connectivity index (χ0n) is 7.38. The molecule has 11 heavy (non-hydrogen) atoms. The van der Waals surface area contributed by atoms with Crippen molar-refractivity contribution in [1.29, 1.82) is 5.26 Å². The topological polar surface area (TPSA) is 27.0 Å². The summed E-state index contributed by atoms with van der Waals surface area (Å²) in [4.78, 5) is 2.36. The van der Waals surface area contributed by atoms with Gasteiger partial charge in [0, 0.05) is 26.1 Å². The Labute approximate surface area is 68.8 Å². The second-order valence-corrected chi connectivity index (χ2v) is 3.67. The number of nitriles is 1. The Hall–Kier alpha value is -0.550. The minimum absolute atomic E-state index is 0.685. The lowest BCUT2D eigenvalue weighted by atomic mass is 9.88. The average Bonchev–Trinajstić information content (AvgIpc) is 1.84. The quantitative estimate of drug-likeness (QED) is 0.612. The minimum atomic E-state index is 0.685. The van der Waals surface area contributed by atoms with Crippen LogP contribution in [0.3, 0.4) is 0 Å². The van der Waals surface area contributed by atoms with Gasteiger partial charge in [-0.15, -0.1) is 0 Å². The fraction of sp³-hybridized carbons (Fsp3) is 0.889. The molecule has 0 aromatic rings. The van der Waals surface area contributed by atoms with Crippen LogP contribution in [0, 0.1) is 23.2 Å². The molecule has 1 fully saturated rings. The first-order valence-electron chi connectivity index (χ1n) is 4.33. The van der Waals surface area contributed by atoms with E-state index in [0.29, 0.717) is 6.42 Å². The van der Waals surface area contributed by atoms with Crippen molar-refractivity contribution < 1.29 is 0 Å². The lowest BCUT2D eigenvalue weighted by Gasteiger charge is -2.41. The molecule has 1 saturated heterocycles. The Morgan fingerprint density at radius 2 is 2.18 bits per heavy atom. The number of hydrogen-bond acceptors (Lipinski definition) is 2. The molecule has 62 valence electrons. The molecule has 0 bridgehead atoms. The van der Waals surface area contributed by atoms with Crippen molar-refractivity contribution >= 4 is 0 Å². The van der Waals surface area contributed by atoms with Gasteiger partial charge in [0.05, 0.1) is 6.07 Å². The second-order valence-electron chi connectivity index (χ2n) is 3.67. The SMILES string of the molecule is CC(C)C1CN(CCC#N)C1. The fourth-order valence-electron chi connectivity index (χ4n) is 1.42. The van der Waals surface area contributed by atoms with Gasteiger partial charge in [-0.1, -0.05) is 13.8 Å². The summed E-state index contributed by atoms with van der Waals surface area (Å²) in [5, 5.41) is 8.33. The van der Waals surface area contributed by atoms with E-state index in [4.69, 9.17) is 5.26 Å². The van der Waals surface area contributed by atoms with Crippen LogP contribution in [-0.2, 0) is 0 Å². The molecule has 0 aliphatic carbocycles. The third-order valence-corrected chi connectivity index (χ3v) is 2.47. The first-order valence-corrected chi connectivity index (χ1v) is 4.33. The Bertz CT molecular complexity index is 151. The normalized spacial score (nSPS) is 19.8. The molecule has 1 heterocycles. The predicted octanol–water partition coefficient (Wildman–Crippen LogP) is 1.49. The van der Waals surface area contributed by atoms with Gasteiger partial charge in [0.25, 0.3) is 0 Å². The third kappa shape index (κ3) is 2.20. The smallest absolute Gasteiger partial charge is 0.0635 e. The summed E-state index contributed by atoms with van der Waals surface area (Å²) in [7, 11) is 0. The molecule has 0 aromatic heterocycles. The van der Waals surface area contributed by atoms with E-state index in [0.717, 1.165) is 18.4 Å². The van der Waals surface area contributed by atoms with Crippen LogP contribution in [0.25, 0.3) is 0 Å². The summed E-state index contributed by atoms with van der Waals surface area (Å²) >= 11 is 0. The van der Waals surface area contributed by atoms with Crippen molar-refractivity contribution in [2.45, 2.75) is 20.3 Å². The van der Waals surface area contributed by atoms with Gasteiger partial charge in [0.15, 0.2) is 0 Å². The standard InChI is InChI=1S/C9H16N2/c1-8(2)9-6-11(7-9)5-3-4-10/h8-9H,3,5-7H2,1-2H3. The molecule has 0 atom stereocenters. The van der Waals surface area contributed by atoms with Gasteiger partial charge < -0.3 is 4.90 Å². The van der Waals surface area contributed by atoms with Crippen molar-refractivity contribution in [3.05, 3.63) is 0 Å². The van der Waals surface area contributed by atoms with Crippen LogP contribution in [0.5, 0.6) is 0 Å². The maximum atomic E-state index is 8.33. The molecule has 0 unspecified atom stereocenters. The van der Waals surface area contributed by atoms with E-state index < -0.39 is 0 Å². The molecule has 0 aromatic carbocycles. The number of rotatable bonds is 3. The highest BCUT2D eigenvalue weighted by Gasteiger charge is 2.27. The molecule has 2 heteroatoms. The van der Waals surface area contributed by atoms with Crippen molar-refractivity contribution in [2.75, 3.05) is 19.6 Å². The van der Waals surface area contributed by atoms with Crippen LogP contribution < -0.4 is 0 Å². The Morgan fingerprint density at radius 1 is 1.55 bits per heavy atom. The molecule has 2 nitrogen and oxygen atoms in total. The van der Waals surface area contributed by atoms with Crippen LogP contribution in [0.4, 0.5) is 0 Å². The maximum absolute atomic E-state index is 8.33. The average molecular weight is 152 g/mol. The first-order chi connectivity index (χ1) is 5.24. The molecular weight excluding hydrogens is 136 g/mol. The molecule has 0 amide bonds. The highest BCUT2D eigenvalue weighted by Crippen LogP contribution is 2.22. The summed E-state index contributed by atoms with van der Waals surface area (Å²) < 4.78 is 0. The molecule has 1 rings (SSSR count). The van der Waals surface area contributed by atoms with Crippen molar-refractivity contribution in [2.24, 2.45) is 11.8 Å². The van der Waals surface area contributed by atoms with Crippen LogP contribution in [0.15, 0.2) is 0 Å². The van der Waals surface area contributed by atoms with Gasteiger partial charge in [-0.3, -0.25) is 0 Å². The molecule has 0 saturated carbocycles. The molecule has 1 aliphatic heterocycles. The third-order valence-electron chi connectivity index (χ3n) is 2.47. The number of likely N-dealkylation sites (tertiary alicyclic amines) is 1. The molecule has 0 radical (unpaired) electrons. The monoisotopic (exact) mass is 152 g/mol. The zero-order chi connectivity index (χ0) is 8.27. The van der Waals surface area contributed by atoms with E-state index in [2.05, 4.69) is 24.8 Å². The highest BCUT2D eigenvalue weighted by molar-refractivity contribution is 4.84. The van der Waals surface area contributed by atoms with Gasteiger partial charge in [-0.2, -0.15) is 5.26 Å². The summed E-state index contributed by atoms with van der Waals surface area (Å²) in [5.74, 6) is 1.70. The summed E-state index contributed by atoms with van der Waals surface area (Å²) in [6.07, 6.45) is 0.685. The van der Waals surface area contributed by atoms with Gasteiger partial charge in [0.2, 0.25) is 0 Å². The lowest BCUT2D eigenvalue weighted by Crippen LogP contribution is -2.48. The Balaban J connectivity index is 2.06. The van der Waals surface area contributed by atoms with Gasteiger partial charge in [-0.25, -0.2) is 0 Å². The highest BCUT2D eigenvalue weighted by atomic mass is 15.2. The Kier molecular flexibility index (Phi) is 2.90. The van der Waals surface area contributed by atoms with Crippen LogP contribution in [-0.4, -0.2) is 24.5 Å². The first kappa shape index (κ1) is 8.55. The summed E-state index contributed by atoms with van der Waals surface area (Å²) in [5.41, 5.74) is 0. The van der Waals surface area contributed by atoms with E-state index in [-0.39, 0.29) is 0 Å². The Morgan fingerprint density at radius 3 is 2.64 bits per heavy atom. The van der Waals surface area contributed by atoms with Gasteiger partial charge in [-0.05, 0) is 11.8 Å². The number of nitrogens with zero attached hydrogens (tertiary/aromatic N) is 2. The predicted molar refractivity (Wildman–Crippen MR) is 45.0 cm³/mol. The van der Waals surface area contributed by atoms with Crippen molar-refractivity contribution in [3.8, 4) is 6.07 Å². The molecule has 0 spiro atoms. The van der Waals surface area contributed by atoms with Crippen LogP contribution in [0.1, 0.15) is 20.3 Å². The van der Waals surface area contributed by atoms with Gasteiger partial charge in [0.1, 0.15) is 0 Å². The maximum Gasteiger partial charge on any atom is 0.0635 e. The second kappa shape index (κ2) is 3.73. The largest absolute Gasteiger partial charge is 0.302 e. The van der Waals surface area contributed by atoms with Crippen molar-refractivity contribution in [1.82, 2.24) is 4.90 Å². The van der Waals surface area contributed by atoms with E-state index >= 15 is 0 Å². The van der Waals surface area contributed by atoms with Crippen molar-refractivity contribution in [3.63, 3.8) is 0 Å². The molecular formula is C9H16N2. The zero-order valence-corrected chi connectivity index (χ0v) is 7.38. The van der Waals surface area contributed by atoms with Crippen LogP contribution in [0.2, 0.25) is 0 Å². The fourth-order valence-corrected chi connectivity index (χ4v) is 1.42. The number of hydrogen-bond donors (Lipinski definition) is 0. The van der Waals surface area contributed by atoms with E-state index in [1.807, 2.05) is 0 Å². The summed E-state index contributed by atoms with van der Waals surface area (Å²) in [6.45, 7) is 7.93. The lowest BCUT2D eigenvalue weighted by molar-refractivity contribution is 0.0711. The summed E-state index contributed by atoms with van der Waals surface area (Å²) in [6, 6.07) is 2.17. The molecule has 0 N–H and O–H groups in total.